The number of nitrogens with one attached hydrogen (secondary N) is 1. The molecular formula is C9H10N2O2S. The van der Waals surface area contributed by atoms with Gasteiger partial charge in [-0.3, -0.25) is 0 Å². The first-order valence-corrected chi connectivity index (χ1v) is 4.32. The second kappa shape index (κ2) is 4.06. The van der Waals surface area contributed by atoms with E-state index in [0.717, 1.165) is 11.3 Å². The lowest BCUT2D eigenvalue weighted by Gasteiger charge is -2.07. The maximum absolute atomic E-state index is 10.6. The molecule has 0 atom stereocenters. The van der Waals surface area contributed by atoms with Gasteiger partial charge in [0, 0.05) is 5.69 Å². The van der Waals surface area contributed by atoms with E-state index in [1.165, 1.54) is 6.07 Å². The third-order valence-electron chi connectivity index (χ3n) is 1.73. The highest BCUT2D eigenvalue weighted by Gasteiger charge is 2.05. The van der Waals surface area contributed by atoms with Crippen molar-refractivity contribution in [1.82, 2.24) is 0 Å². The number of carbonyl (C=O) groups is 1. The maximum Gasteiger partial charge on any atom is 0.335 e. The molecule has 0 aliphatic heterocycles. The number of carboxylic acid groups (broad SMARTS) is 1. The molecule has 0 bridgehead atoms. The van der Waals surface area contributed by atoms with Crippen molar-refractivity contribution in [3.8, 4) is 0 Å². The van der Waals surface area contributed by atoms with Crippen LogP contribution in [0, 0.1) is 6.92 Å². The Hall–Kier alpha value is -1.62. The average Bonchev–Trinajstić information content (AvgIpc) is 2.07. The van der Waals surface area contributed by atoms with Crippen molar-refractivity contribution in [2.45, 2.75) is 6.92 Å². The zero-order valence-electron chi connectivity index (χ0n) is 7.57. The molecule has 0 aliphatic carbocycles. The van der Waals surface area contributed by atoms with Gasteiger partial charge in [-0.1, -0.05) is 0 Å². The number of carboxylic acids is 1. The summed E-state index contributed by atoms with van der Waals surface area (Å²) in [5.74, 6) is -0.949. The topological polar surface area (TPSA) is 75.3 Å². The molecule has 5 heteroatoms. The summed E-state index contributed by atoms with van der Waals surface area (Å²) in [6.07, 6.45) is 0. The molecule has 0 saturated carbocycles. The molecule has 0 spiro atoms. The van der Waals surface area contributed by atoms with Crippen molar-refractivity contribution in [1.29, 1.82) is 0 Å². The predicted molar refractivity (Wildman–Crippen MR) is 58.5 cm³/mol. The van der Waals surface area contributed by atoms with Crippen LogP contribution in [0.1, 0.15) is 15.9 Å². The number of hydrogen-bond donors (Lipinski definition) is 3. The average molecular weight is 210 g/mol. The monoisotopic (exact) mass is 210 g/mol. The molecule has 0 saturated heterocycles. The first kappa shape index (κ1) is 10.5. The Morgan fingerprint density at radius 1 is 1.57 bits per heavy atom. The molecule has 0 heterocycles. The number of aryl methyl sites for hydroxylation is 1. The zero-order valence-corrected chi connectivity index (χ0v) is 8.39. The molecule has 74 valence electrons. The third kappa shape index (κ3) is 2.43. The number of benzene rings is 1. The van der Waals surface area contributed by atoms with Gasteiger partial charge in [0.05, 0.1) is 5.56 Å². The minimum absolute atomic E-state index is 0.163. The van der Waals surface area contributed by atoms with Crippen LogP contribution in [-0.2, 0) is 0 Å². The third-order valence-corrected chi connectivity index (χ3v) is 1.83. The van der Waals surface area contributed by atoms with Crippen LogP contribution in [0.2, 0.25) is 0 Å². The summed E-state index contributed by atoms with van der Waals surface area (Å²) in [6, 6.07) is 4.69. The molecule has 0 aliphatic rings. The van der Waals surface area contributed by atoms with Crippen molar-refractivity contribution >= 4 is 29.0 Å². The highest BCUT2D eigenvalue weighted by Crippen LogP contribution is 2.16. The Kier molecular flexibility index (Phi) is 3.03. The van der Waals surface area contributed by atoms with Gasteiger partial charge in [0.1, 0.15) is 0 Å². The van der Waals surface area contributed by atoms with Gasteiger partial charge in [-0.05, 0) is 42.9 Å². The van der Waals surface area contributed by atoms with Crippen LogP contribution in [0.4, 0.5) is 5.69 Å². The van der Waals surface area contributed by atoms with Crippen LogP contribution < -0.4 is 11.1 Å². The summed E-state index contributed by atoms with van der Waals surface area (Å²) in [4.78, 5) is 10.6. The van der Waals surface area contributed by atoms with Crippen molar-refractivity contribution in [2.75, 3.05) is 5.32 Å². The van der Waals surface area contributed by atoms with Gasteiger partial charge in [-0.2, -0.15) is 0 Å². The molecule has 1 aromatic carbocycles. The second-order valence-corrected chi connectivity index (χ2v) is 3.26. The van der Waals surface area contributed by atoms with E-state index in [1.54, 1.807) is 19.1 Å². The van der Waals surface area contributed by atoms with Crippen LogP contribution >= 0.6 is 12.2 Å². The van der Waals surface area contributed by atoms with E-state index in [0.29, 0.717) is 0 Å². The fourth-order valence-corrected chi connectivity index (χ4v) is 1.18. The Labute approximate surface area is 86.7 Å². The van der Waals surface area contributed by atoms with Crippen molar-refractivity contribution in [3.05, 3.63) is 29.3 Å². The minimum atomic E-state index is -0.949. The SMILES string of the molecule is Cc1cc(C(=O)O)ccc1NC(N)=S. The van der Waals surface area contributed by atoms with E-state index < -0.39 is 5.97 Å². The highest BCUT2D eigenvalue weighted by atomic mass is 32.1. The predicted octanol–water partition coefficient (Wildman–Crippen LogP) is 1.35. The fourth-order valence-electron chi connectivity index (χ4n) is 1.07. The van der Waals surface area contributed by atoms with Crippen molar-refractivity contribution < 1.29 is 9.90 Å². The minimum Gasteiger partial charge on any atom is -0.478 e. The van der Waals surface area contributed by atoms with E-state index in [2.05, 4.69) is 17.5 Å². The quantitative estimate of drug-likeness (QED) is 0.642. The fraction of sp³-hybridized carbons (Fsp3) is 0.111. The normalized spacial score (nSPS) is 9.50. The van der Waals surface area contributed by atoms with E-state index in [1.807, 2.05) is 0 Å². The van der Waals surface area contributed by atoms with E-state index in [4.69, 9.17) is 10.8 Å². The molecule has 0 amide bonds. The number of thiocarbonyl (C=S) groups is 1. The number of hydrogen-bond acceptors (Lipinski definition) is 2. The lowest BCUT2D eigenvalue weighted by molar-refractivity contribution is 0.0697. The van der Waals surface area contributed by atoms with Crippen LogP contribution in [0.25, 0.3) is 0 Å². The van der Waals surface area contributed by atoms with Gasteiger partial charge in [-0.25, -0.2) is 4.79 Å². The number of aromatic carboxylic acids is 1. The van der Waals surface area contributed by atoms with Gasteiger partial charge < -0.3 is 16.2 Å². The van der Waals surface area contributed by atoms with Gasteiger partial charge in [0.2, 0.25) is 0 Å². The van der Waals surface area contributed by atoms with E-state index in [9.17, 15) is 4.79 Å². The molecule has 14 heavy (non-hydrogen) atoms. The molecule has 0 unspecified atom stereocenters. The Bertz CT molecular complexity index is 390. The first-order chi connectivity index (χ1) is 6.50. The molecule has 1 aromatic rings. The summed E-state index contributed by atoms with van der Waals surface area (Å²) in [6.45, 7) is 1.78. The summed E-state index contributed by atoms with van der Waals surface area (Å²) in [5, 5.41) is 11.6. The van der Waals surface area contributed by atoms with Crippen LogP contribution in [0.15, 0.2) is 18.2 Å². The number of rotatable bonds is 2. The largest absolute Gasteiger partial charge is 0.478 e. The van der Waals surface area contributed by atoms with Gasteiger partial charge >= 0.3 is 5.97 Å². The Morgan fingerprint density at radius 3 is 2.64 bits per heavy atom. The molecule has 1 rings (SSSR count). The molecule has 0 fully saturated rings. The molecule has 0 aromatic heterocycles. The van der Waals surface area contributed by atoms with E-state index >= 15 is 0 Å². The maximum atomic E-state index is 10.6. The summed E-state index contributed by atoms with van der Waals surface area (Å²) in [5.41, 5.74) is 7.06. The van der Waals surface area contributed by atoms with Crippen LogP contribution in [0.3, 0.4) is 0 Å². The molecule has 4 N–H and O–H groups in total. The lowest BCUT2D eigenvalue weighted by atomic mass is 10.1. The number of nitrogens with two attached hydrogens (primary N) is 1. The first-order valence-electron chi connectivity index (χ1n) is 3.91. The van der Waals surface area contributed by atoms with Gasteiger partial charge in [0.15, 0.2) is 5.11 Å². The van der Waals surface area contributed by atoms with Crippen molar-refractivity contribution in [2.24, 2.45) is 5.73 Å². The second-order valence-electron chi connectivity index (χ2n) is 2.82. The molecular weight excluding hydrogens is 200 g/mol. The van der Waals surface area contributed by atoms with Crippen LogP contribution in [0.5, 0.6) is 0 Å². The molecule has 0 radical (unpaired) electrons. The summed E-state index contributed by atoms with van der Waals surface area (Å²) < 4.78 is 0. The Balaban J connectivity index is 3.01. The molecule has 4 nitrogen and oxygen atoms in total. The van der Waals surface area contributed by atoms with Gasteiger partial charge in [-0.15, -0.1) is 0 Å². The van der Waals surface area contributed by atoms with Crippen LogP contribution in [-0.4, -0.2) is 16.2 Å². The van der Waals surface area contributed by atoms with Gasteiger partial charge in [0.25, 0.3) is 0 Å². The zero-order chi connectivity index (χ0) is 10.7. The summed E-state index contributed by atoms with van der Waals surface area (Å²) >= 11 is 4.67. The van der Waals surface area contributed by atoms with E-state index in [-0.39, 0.29) is 10.7 Å². The smallest absolute Gasteiger partial charge is 0.335 e. The van der Waals surface area contributed by atoms with Crippen molar-refractivity contribution in [3.63, 3.8) is 0 Å². The number of anilines is 1. The Morgan fingerprint density at radius 2 is 2.21 bits per heavy atom. The summed E-state index contributed by atoms with van der Waals surface area (Å²) in [7, 11) is 0. The highest BCUT2D eigenvalue weighted by molar-refractivity contribution is 7.80. The standard InChI is InChI=1S/C9H10N2O2S/c1-5-4-6(8(12)13)2-3-7(5)11-9(10)14/h2-4H,1H3,(H,12,13)(H3,10,11,14). The lowest BCUT2D eigenvalue weighted by Crippen LogP contribution is -2.19.